The third-order valence-corrected chi connectivity index (χ3v) is 4.61. The first-order valence-electron chi connectivity index (χ1n) is 7.89. The maximum absolute atomic E-state index is 14.6. The second-order valence-electron chi connectivity index (χ2n) is 6.95. The number of hydrogen-bond donors (Lipinski definition) is 0. The number of rotatable bonds is 1. The topological polar surface area (TPSA) is 49.9 Å². The van der Waals surface area contributed by atoms with Crippen molar-refractivity contribution in [3.63, 3.8) is 0 Å². The molecule has 0 saturated carbocycles. The van der Waals surface area contributed by atoms with Crippen molar-refractivity contribution in [2.24, 2.45) is 0 Å². The molecule has 0 aromatic heterocycles. The zero-order valence-electron chi connectivity index (χ0n) is 14.6. The fourth-order valence-electron chi connectivity index (χ4n) is 2.74. The predicted molar refractivity (Wildman–Crippen MR) is 97.0 cm³/mol. The Hall–Kier alpha value is -1.34. The van der Waals surface area contributed by atoms with Crippen LogP contribution in [0, 0.1) is 5.82 Å². The molecular weight excluding hydrogens is 415 g/mol. The molecule has 0 aliphatic carbocycles. The third kappa shape index (κ3) is 4.85. The Bertz CT molecular complexity index is 693. The summed E-state index contributed by atoms with van der Waals surface area (Å²) < 4.78 is 20.2. The molecule has 1 aromatic rings. The van der Waals surface area contributed by atoms with Gasteiger partial charge in [0.1, 0.15) is 11.4 Å². The molecule has 0 N–H and O–H groups in total. The second-order valence-corrected chi connectivity index (χ2v) is 8.24. The first-order valence-corrected chi connectivity index (χ1v) is 9.06. The maximum Gasteiger partial charge on any atom is 0.410 e. The van der Waals surface area contributed by atoms with E-state index in [1.54, 1.807) is 25.7 Å². The zero-order valence-corrected chi connectivity index (χ0v) is 16.9. The highest BCUT2D eigenvalue weighted by atomic mass is 79.9. The molecular formula is C17H21BrClFN2O3. The van der Waals surface area contributed by atoms with Gasteiger partial charge >= 0.3 is 6.09 Å². The van der Waals surface area contributed by atoms with Crippen molar-refractivity contribution in [3.05, 3.63) is 33.0 Å². The number of carbonyl (C=O) groups is 2. The minimum atomic E-state index is -0.631. The van der Waals surface area contributed by atoms with Crippen LogP contribution >= 0.6 is 27.5 Å². The smallest absolute Gasteiger partial charge is 0.410 e. The highest BCUT2D eigenvalue weighted by Crippen LogP contribution is 2.33. The lowest BCUT2D eigenvalue weighted by atomic mass is 10.0. The number of carbonyl (C=O) groups excluding carboxylic acids is 2. The van der Waals surface area contributed by atoms with Crippen LogP contribution in [0.4, 0.5) is 9.18 Å². The summed E-state index contributed by atoms with van der Waals surface area (Å²) in [4.78, 5) is 27.4. The standard InChI is InChI=1S/C17H21BrClFN2O3/c1-10(23)22-6-5-21(16(24)25-17(2,3)4)9-14(22)12-7-11(19)8-13(18)15(12)20/h7-8,14H,5-6,9H2,1-4H3. The van der Waals surface area contributed by atoms with E-state index in [0.717, 1.165) is 0 Å². The predicted octanol–water partition coefficient (Wildman–Crippen LogP) is 4.38. The number of piperazine rings is 1. The Kier molecular flexibility index (Phi) is 5.99. The first kappa shape index (κ1) is 20.0. The van der Waals surface area contributed by atoms with Crippen molar-refractivity contribution in [1.29, 1.82) is 0 Å². The summed E-state index contributed by atoms with van der Waals surface area (Å²) in [6.07, 6.45) is -0.484. The monoisotopic (exact) mass is 434 g/mol. The summed E-state index contributed by atoms with van der Waals surface area (Å²) in [5.41, 5.74) is -0.364. The van der Waals surface area contributed by atoms with Gasteiger partial charge in [0.05, 0.1) is 10.5 Å². The summed E-state index contributed by atoms with van der Waals surface area (Å²) in [5, 5.41) is 0.348. The molecule has 0 radical (unpaired) electrons. The summed E-state index contributed by atoms with van der Waals surface area (Å²) in [7, 11) is 0. The number of nitrogens with zero attached hydrogens (tertiary/aromatic N) is 2. The van der Waals surface area contributed by atoms with Gasteiger partial charge in [-0.1, -0.05) is 11.6 Å². The van der Waals surface area contributed by atoms with Crippen LogP contribution in [0.15, 0.2) is 16.6 Å². The van der Waals surface area contributed by atoms with Crippen molar-refractivity contribution in [2.75, 3.05) is 19.6 Å². The van der Waals surface area contributed by atoms with Crippen LogP contribution in [0.3, 0.4) is 0 Å². The molecule has 1 fully saturated rings. The van der Waals surface area contributed by atoms with Gasteiger partial charge in [-0.15, -0.1) is 0 Å². The molecule has 2 amide bonds. The molecule has 138 valence electrons. The average Bonchev–Trinajstić information content (AvgIpc) is 2.48. The Labute approximate surface area is 160 Å². The molecule has 8 heteroatoms. The molecule has 2 rings (SSSR count). The summed E-state index contributed by atoms with van der Waals surface area (Å²) in [6, 6.07) is 2.31. The van der Waals surface area contributed by atoms with Crippen molar-refractivity contribution < 1.29 is 18.7 Å². The van der Waals surface area contributed by atoms with Gasteiger partial charge in [-0.3, -0.25) is 4.79 Å². The molecule has 0 spiro atoms. The summed E-state index contributed by atoms with van der Waals surface area (Å²) in [5.74, 6) is -0.684. The van der Waals surface area contributed by atoms with Crippen LogP contribution in [0.1, 0.15) is 39.3 Å². The van der Waals surface area contributed by atoms with E-state index in [2.05, 4.69) is 15.9 Å². The van der Waals surface area contributed by atoms with Crippen LogP contribution in [0.25, 0.3) is 0 Å². The fraction of sp³-hybridized carbons (Fsp3) is 0.529. The van der Waals surface area contributed by atoms with E-state index in [1.165, 1.54) is 24.0 Å². The lowest BCUT2D eigenvalue weighted by Gasteiger charge is -2.41. The molecule has 0 bridgehead atoms. The quantitative estimate of drug-likeness (QED) is 0.615. The summed E-state index contributed by atoms with van der Waals surface area (Å²) in [6.45, 7) is 7.52. The molecule has 1 aliphatic rings. The molecule has 1 heterocycles. The van der Waals surface area contributed by atoms with Crippen LogP contribution in [-0.4, -0.2) is 47.0 Å². The van der Waals surface area contributed by atoms with Gasteiger partial charge in [-0.25, -0.2) is 9.18 Å². The highest BCUT2D eigenvalue weighted by molar-refractivity contribution is 9.10. The molecule has 5 nitrogen and oxygen atoms in total. The number of halogens is 3. The Morgan fingerprint density at radius 3 is 2.52 bits per heavy atom. The number of hydrogen-bond acceptors (Lipinski definition) is 3. The van der Waals surface area contributed by atoms with Crippen molar-refractivity contribution in [2.45, 2.75) is 39.3 Å². The molecule has 1 unspecified atom stereocenters. The van der Waals surface area contributed by atoms with E-state index in [-0.39, 0.29) is 22.5 Å². The van der Waals surface area contributed by atoms with Gasteiger partial charge < -0.3 is 14.5 Å². The van der Waals surface area contributed by atoms with Gasteiger partial charge in [0.25, 0.3) is 0 Å². The van der Waals surface area contributed by atoms with E-state index in [0.29, 0.717) is 18.1 Å². The molecule has 25 heavy (non-hydrogen) atoms. The van der Waals surface area contributed by atoms with E-state index in [4.69, 9.17) is 16.3 Å². The van der Waals surface area contributed by atoms with E-state index in [1.807, 2.05) is 0 Å². The molecule has 1 aromatic carbocycles. The summed E-state index contributed by atoms with van der Waals surface area (Å²) >= 11 is 9.19. The minimum Gasteiger partial charge on any atom is -0.444 e. The molecule has 1 atom stereocenters. The number of ether oxygens (including phenoxy) is 1. The SMILES string of the molecule is CC(=O)N1CCN(C(=O)OC(C)(C)C)CC1c1cc(Cl)cc(Br)c1F. The second kappa shape index (κ2) is 7.50. The van der Waals surface area contributed by atoms with E-state index < -0.39 is 23.6 Å². The fourth-order valence-corrected chi connectivity index (χ4v) is 3.57. The molecule has 1 saturated heterocycles. The number of amides is 2. The third-order valence-electron chi connectivity index (χ3n) is 3.82. The highest BCUT2D eigenvalue weighted by Gasteiger charge is 2.35. The van der Waals surface area contributed by atoms with Crippen LogP contribution < -0.4 is 0 Å². The zero-order chi connectivity index (χ0) is 18.9. The van der Waals surface area contributed by atoms with Crippen molar-refractivity contribution in [1.82, 2.24) is 9.80 Å². The molecule has 1 aliphatic heterocycles. The maximum atomic E-state index is 14.6. The minimum absolute atomic E-state index is 0.137. The largest absolute Gasteiger partial charge is 0.444 e. The normalized spacial score (nSPS) is 18.3. The first-order chi connectivity index (χ1) is 11.5. The van der Waals surface area contributed by atoms with Gasteiger partial charge in [0.15, 0.2) is 0 Å². The van der Waals surface area contributed by atoms with Crippen molar-refractivity contribution in [3.8, 4) is 0 Å². The van der Waals surface area contributed by atoms with Crippen LogP contribution in [0.2, 0.25) is 5.02 Å². The van der Waals surface area contributed by atoms with Crippen LogP contribution in [0.5, 0.6) is 0 Å². The Balaban J connectivity index is 2.34. The average molecular weight is 436 g/mol. The van der Waals surface area contributed by atoms with Gasteiger partial charge in [-0.05, 0) is 48.8 Å². The Morgan fingerprint density at radius 1 is 1.32 bits per heavy atom. The lowest BCUT2D eigenvalue weighted by molar-refractivity contribution is -0.134. The Morgan fingerprint density at radius 2 is 1.96 bits per heavy atom. The van der Waals surface area contributed by atoms with Gasteiger partial charge in [0.2, 0.25) is 5.91 Å². The van der Waals surface area contributed by atoms with Gasteiger partial charge in [-0.2, -0.15) is 0 Å². The lowest BCUT2D eigenvalue weighted by Crippen LogP contribution is -2.53. The number of benzene rings is 1. The van der Waals surface area contributed by atoms with E-state index >= 15 is 0 Å². The van der Waals surface area contributed by atoms with Crippen LogP contribution in [-0.2, 0) is 9.53 Å². The van der Waals surface area contributed by atoms with Crippen molar-refractivity contribution >= 4 is 39.5 Å². The van der Waals surface area contributed by atoms with E-state index in [9.17, 15) is 14.0 Å². The van der Waals surface area contributed by atoms with Gasteiger partial charge in [0, 0.05) is 37.1 Å².